The van der Waals surface area contributed by atoms with E-state index in [1.54, 1.807) is 11.5 Å². The van der Waals surface area contributed by atoms with Gasteiger partial charge in [-0.2, -0.15) is 0 Å². The molecular weight excluding hydrogens is 628 g/mol. The number of halogens is 3. The number of hydrogen-bond acceptors (Lipinski definition) is 5. The van der Waals surface area contributed by atoms with Gasteiger partial charge in [-0.05, 0) is 48.0 Å². The fourth-order valence-electron chi connectivity index (χ4n) is 5.25. The molecule has 1 amide bonds. The molecule has 0 fully saturated rings. The van der Waals surface area contributed by atoms with Gasteiger partial charge in [0.2, 0.25) is 11.3 Å². The number of aromatic nitrogens is 1. The van der Waals surface area contributed by atoms with E-state index in [0.29, 0.717) is 29.0 Å². The number of nitrogens with zero attached hydrogens (tertiary/aromatic N) is 2. The van der Waals surface area contributed by atoms with E-state index in [-0.39, 0.29) is 54.1 Å². The minimum Gasteiger partial charge on any atom is -0.334 e. The molecular formula is C36H36ClF2N3O3S. The van der Waals surface area contributed by atoms with Crippen LogP contribution >= 0.6 is 23.7 Å². The van der Waals surface area contributed by atoms with Crippen LogP contribution in [0.3, 0.4) is 0 Å². The topological polar surface area (TPSA) is 71.4 Å². The second-order valence-electron chi connectivity index (χ2n) is 11.4. The molecule has 0 spiro atoms. The number of anilines is 1. The maximum absolute atomic E-state index is 14.8. The Morgan fingerprint density at radius 2 is 1.57 bits per heavy atom. The van der Waals surface area contributed by atoms with E-state index in [2.05, 4.69) is 10.2 Å². The number of amides is 1. The Hall–Kier alpha value is -4.18. The normalized spacial score (nSPS) is 11.2. The van der Waals surface area contributed by atoms with Crippen LogP contribution < -0.4 is 10.7 Å². The van der Waals surface area contributed by atoms with Crippen LogP contribution in [0.2, 0.25) is 0 Å². The molecule has 5 rings (SSSR count). The second-order valence-corrected chi connectivity index (χ2v) is 12.4. The summed E-state index contributed by atoms with van der Waals surface area (Å²) in [5.41, 5.74) is 2.73. The van der Waals surface area contributed by atoms with Crippen molar-refractivity contribution in [1.82, 2.24) is 9.47 Å². The Morgan fingerprint density at radius 3 is 2.17 bits per heavy atom. The van der Waals surface area contributed by atoms with Crippen LogP contribution in [-0.2, 0) is 24.4 Å². The van der Waals surface area contributed by atoms with E-state index in [1.807, 2.05) is 75.5 Å². The smallest absolute Gasteiger partial charge is 0.226 e. The Bertz CT molecular complexity index is 1900. The van der Waals surface area contributed by atoms with Crippen molar-refractivity contribution in [1.29, 1.82) is 0 Å². The zero-order valence-corrected chi connectivity index (χ0v) is 27.7. The highest BCUT2D eigenvalue weighted by Gasteiger charge is 2.25. The van der Waals surface area contributed by atoms with Crippen molar-refractivity contribution in [3.05, 3.63) is 123 Å². The molecule has 0 atom stereocenters. The molecule has 240 valence electrons. The minimum atomic E-state index is -0.705. The first-order valence-corrected chi connectivity index (χ1v) is 15.7. The maximum atomic E-state index is 14.8. The summed E-state index contributed by atoms with van der Waals surface area (Å²) in [6.45, 7) is 6.11. The lowest BCUT2D eigenvalue weighted by molar-refractivity contribution is -0.118. The molecule has 1 N–H and O–H groups in total. The van der Waals surface area contributed by atoms with E-state index in [0.717, 1.165) is 21.6 Å². The first-order valence-electron chi connectivity index (χ1n) is 14.9. The molecule has 0 aliphatic carbocycles. The predicted molar refractivity (Wildman–Crippen MR) is 184 cm³/mol. The molecule has 0 radical (unpaired) electrons. The molecule has 6 nitrogen and oxygen atoms in total. The van der Waals surface area contributed by atoms with E-state index >= 15 is 0 Å². The summed E-state index contributed by atoms with van der Waals surface area (Å²) in [4.78, 5) is 42.8. The molecule has 0 aliphatic heterocycles. The number of Topliss-reactive ketones (excluding diaryl/α,β-unsaturated/α-hetero) is 1. The quantitative estimate of drug-likeness (QED) is 0.144. The molecule has 0 unspecified atom stereocenters. The molecule has 0 saturated carbocycles. The monoisotopic (exact) mass is 663 g/mol. The van der Waals surface area contributed by atoms with Gasteiger partial charge in [-0.25, -0.2) is 8.78 Å². The Kier molecular flexibility index (Phi) is 11.3. The summed E-state index contributed by atoms with van der Waals surface area (Å²) in [5.74, 6) is -2.03. The van der Waals surface area contributed by atoms with Gasteiger partial charge in [-0.15, -0.1) is 23.7 Å². The Labute approximate surface area is 277 Å². The molecule has 0 saturated heterocycles. The first-order chi connectivity index (χ1) is 21.6. The van der Waals surface area contributed by atoms with Crippen molar-refractivity contribution in [2.75, 3.05) is 12.4 Å². The summed E-state index contributed by atoms with van der Waals surface area (Å²) in [6, 6.07) is 21.0. The SMILES string of the molecule is CCC(=O)c1cn(Cc2c(F)cccc2F)c2sc(-c3ccc(NC(=O)C(C)C)cc3)c(CN(C)Cc3ccccc3)c2c1=O.Cl. The number of fused-ring (bicyclic) bond motifs is 1. The molecule has 10 heteroatoms. The van der Waals surface area contributed by atoms with Crippen LogP contribution in [0.25, 0.3) is 20.7 Å². The van der Waals surface area contributed by atoms with Gasteiger partial charge in [0.05, 0.1) is 17.5 Å². The molecule has 2 aromatic heterocycles. The number of carbonyl (C=O) groups excluding carboxylic acids is 2. The van der Waals surface area contributed by atoms with Crippen molar-refractivity contribution in [3.8, 4) is 10.4 Å². The van der Waals surface area contributed by atoms with E-state index in [4.69, 9.17) is 0 Å². The van der Waals surface area contributed by atoms with Crippen LogP contribution in [-0.4, -0.2) is 28.2 Å². The molecule has 0 aliphatic rings. The Morgan fingerprint density at radius 1 is 0.913 bits per heavy atom. The van der Waals surface area contributed by atoms with Gasteiger partial charge in [0.1, 0.15) is 16.5 Å². The van der Waals surface area contributed by atoms with Gasteiger partial charge >= 0.3 is 0 Å². The predicted octanol–water partition coefficient (Wildman–Crippen LogP) is 8.30. The number of hydrogen-bond donors (Lipinski definition) is 1. The summed E-state index contributed by atoms with van der Waals surface area (Å²) in [7, 11) is 1.96. The standard InChI is InChI=1S/C36H35F2N3O3S.ClH/c1-5-31(42)27-21-41(20-26-29(37)12-9-13-30(26)38)36-32(33(27)43)28(19-40(4)18-23-10-7-6-8-11-23)34(45-36)24-14-16-25(17-15-24)39-35(44)22(2)3;/h6-17,21-22H,5,18-20H2,1-4H3,(H,39,44);1H. The first kappa shape index (κ1) is 34.7. The third kappa shape index (κ3) is 7.44. The lowest BCUT2D eigenvalue weighted by atomic mass is 10.0. The number of carbonyl (C=O) groups is 2. The van der Waals surface area contributed by atoms with Crippen molar-refractivity contribution in [2.45, 2.75) is 46.8 Å². The van der Waals surface area contributed by atoms with Crippen molar-refractivity contribution >= 4 is 51.3 Å². The van der Waals surface area contributed by atoms with Crippen LogP contribution in [0, 0.1) is 17.6 Å². The minimum absolute atomic E-state index is 0. The van der Waals surface area contributed by atoms with Gasteiger partial charge < -0.3 is 9.88 Å². The number of nitrogens with one attached hydrogen (secondary N) is 1. The summed E-state index contributed by atoms with van der Waals surface area (Å²) in [6.07, 6.45) is 1.54. The van der Waals surface area contributed by atoms with Crippen molar-refractivity contribution < 1.29 is 18.4 Å². The van der Waals surface area contributed by atoms with Gasteiger partial charge in [0, 0.05) is 47.8 Å². The van der Waals surface area contributed by atoms with Gasteiger partial charge in [0.15, 0.2) is 5.78 Å². The third-order valence-electron chi connectivity index (χ3n) is 7.68. The van der Waals surface area contributed by atoms with Gasteiger partial charge in [-0.3, -0.25) is 19.3 Å². The molecule has 46 heavy (non-hydrogen) atoms. The summed E-state index contributed by atoms with van der Waals surface area (Å²) < 4.78 is 31.3. The number of rotatable bonds is 11. The average Bonchev–Trinajstić information content (AvgIpc) is 3.40. The summed E-state index contributed by atoms with van der Waals surface area (Å²) >= 11 is 1.34. The third-order valence-corrected chi connectivity index (χ3v) is 9.00. The van der Waals surface area contributed by atoms with Gasteiger partial charge in [0.25, 0.3) is 0 Å². The van der Waals surface area contributed by atoms with Gasteiger partial charge in [-0.1, -0.05) is 69.3 Å². The number of pyridine rings is 1. The van der Waals surface area contributed by atoms with Crippen LogP contribution in [0.15, 0.2) is 83.8 Å². The highest BCUT2D eigenvalue weighted by molar-refractivity contribution is 7.22. The fourth-order valence-corrected chi connectivity index (χ4v) is 6.54. The van der Waals surface area contributed by atoms with E-state index in [1.165, 1.54) is 35.7 Å². The number of ketones is 1. The average molecular weight is 664 g/mol. The highest BCUT2D eigenvalue weighted by atomic mass is 35.5. The molecule has 2 heterocycles. The largest absolute Gasteiger partial charge is 0.334 e. The molecule has 5 aromatic rings. The van der Waals surface area contributed by atoms with Crippen molar-refractivity contribution in [2.24, 2.45) is 5.92 Å². The van der Waals surface area contributed by atoms with Crippen LogP contribution in [0.4, 0.5) is 14.5 Å². The zero-order valence-electron chi connectivity index (χ0n) is 26.1. The number of benzene rings is 3. The molecule has 3 aromatic carbocycles. The lowest BCUT2D eigenvalue weighted by Gasteiger charge is -2.18. The maximum Gasteiger partial charge on any atom is 0.226 e. The molecule has 0 bridgehead atoms. The second kappa shape index (κ2) is 14.9. The summed E-state index contributed by atoms with van der Waals surface area (Å²) in [5, 5.41) is 3.26. The van der Waals surface area contributed by atoms with Crippen LogP contribution in [0.1, 0.15) is 54.2 Å². The highest BCUT2D eigenvalue weighted by Crippen LogP contribution is 2.39. The van der Waals surface area contributed by atoms with E-state index in [9.17, 15) is 23.2 Å². The van der Waals surface area contributed by atoms with E-state index < -0.39 is 17.1 Å². The zero-order chi connectivity index (χ0) is 32.2. The lowest BCUT2D eigenvalue weighted by Crippen LogP contribution is -2.22. The number of thiophene rings is 1. The Balaban J connectivity index is 0.00000480. The van der Waals surface area contributed by atoms with Crippen LogP contribution in [0.5, 0.6) is 0 Å². The fraction of sp³-hybridized carbons (Fsp3) is 0.250. The van der Waals surface area contributed by atoms with Crippen molar-refractivity contribution in [3.63, 3.8) is 0 Å².